The normalized spacial score (nSPS) is 17.6. The molecule has 5 heteroatoms. The molecule has 102 valence electrons. The van der Waals surface area contributed by atoms with Crippen LogP contribution in [-0.4, -0.2) is 28.6 Å². The van der Waals surface area contributed by atoms with Crippen LogP contribution >= 0.6 is 0 Å². The van der Waals surface area contributed by atoms with Gasteiger partial charge in [-0.2, -0.15) is 4.57 Å². The molecule has 0 bridgehead atoms. The molecule has 1 aromatic heterocycles. The smallest absolute Gasteiger partial charge is 0.415 e. The topological polar surface area (TPSA) is 29.1 Å². The van der Waals surface area contributed by atoms with Gasteiger partial charge in [0.25, 0.3) is 6.33 Å². The van der Waals surface area contributed by atoms with E-state index in [4.69, 9.17) is 0 Å². The van der Waals surface area contributed by atoms with Crippen molar-refractivity contribution in [3.8, 4) is 0 Å². The van der Waals surface area contributed by atoms with Gasteiger partial charge in [0, 0.05) is 13.1 Å². The standard InChI is InChI=1S/C13H22N3O.HI/c1-4-13(5-2)6-7-15(10-13)12(17)16-9-8-14(3)11-16;/h8-9,11H,4-7,10H2,1-3H3;1H/q+1;/p-1. The third-order valence-electron chi connectivity index (χ3n) is 4.20. The highest BCUT2D eigenvalue weighted by Gasteiger charge is 2.38. The maximum Gasteiger partial charge on any atom is 0.415 e. The minimum atomic E-state index is 0. The van der Waals surface area contributed by atoms with Crippen molar-refractivity contribution >= 4 is 6.03 Å². The number of imidazole rings is 1. The Morgan fingerprint density at radius 3 is 2.50 bits per heavy atom. The molecule has 1 amide bonds. The summed E-state index contributed by atoms with van der Waals surface area (Å²) in [7, 11) is 1.93. The summed E-state index contributed by atoms with van der Waals surface area (Å²) in [6, 6.07) is 0.106. The van der Waals surface area contributed by atoms with Crippen molar-refractivity contribution in [1.82, 2.24) is 9.47 Å². The fourth-order valence-corrected chi connectivity index (χ4v) is 2.65. The minimum Gasteiger partial charge on any atom is -1.00 e. The van der Waals surface area contributed by atoms with Crippen LogP contribution in [0.15, 0.2) is 18.7 Å². The zero-order valence-electron chi connectivity index (χ0n) is 11.4. The van der Waals surface area contributed by atoms with E-state index >= 15 is 0 Å². The molecule has 1 saturated heterocycles. The molecule has 0 saturated carbocycles. The van der Waals surface area contributed by atoms with Crippen molar-refractivity contribution in [2.75, 3.05) is 13.1 Å². The molecule has 4 nitrogen and oxygen atoms in total. The second kappa shape index (κ2) is 6.04. The number of hydrogen-bond donors (Lipinski definition) is 0. The maximum absolute atomic E-state index is 12.3. The van der Waals surface area contributed by atoms with Crippen molar-refractivity contribution in [1.29, 1.82) is 0 Å². The number of hydrogen-bond acceptors (Lipinski definition) is 1. The molecule has 0 aliphatic carbocycles. The lowest BCUT2D eigenvalue weighted by Gasteiger charge is -2.25. The van der Waals surface area contributed by atoms with Gasteiger partial charge in [-0.1, -0.05) is 13.8 Å². The van der Waals surface area contributed by atoms with Gasteiger partial charge in [-0.15, -0.1) is 0 Å². The first kappa shape index (κ1) is 15.5. The second-order valence-electron chi connectivity index (χ2n) is 5.15. The molecule has 0 aromatic carbocycles. The number of rotatable bonds is 2. The van der Waals surface area contributed by atoms with Crippen LogP contribution in [0.5, 0.6) is 0 Å². The van der Waals surface area contributed by atoms with Gasteiger partial charge >= 0.3 is 6.03 Å². The average Bonchev–Trinajstić information content (AvgIpc) is 2.95. The average molecular weight is 363 g/mol. The van der Waals surface area contributed by atoms with Crippen LogP contribution < -0.4 is 28.5 Å². The maximum atomic E-state index is 12.3. The summed E-state index contributed by atoms with van der Waals surface area (Å²) in [6.07, 6.45) is 8.99. The fourth-order valence-electron chi connectivity index (χ4n) is 2.65. The third kappa shape index (κ3) is 2.87. The van der Waals surface area contributed by atoms with Crippen molar-refractivity contribution in [3.05, 3.63) is 18.7 Å². The van der Waals surface area contributed by atoms with Crippen molar-refractivity contribution in [3.63, 3.8) is 0 Å². The molecule has 18 heavy (non-hydrogen) atoms. The molecule has 2 heterocycles. The first-order valence-electron chi connectivity index (χ1n) is 6.43. The first-order valence-corrected chi connectivity index (χ1v) is 6.43. The van der Waals surface area contributed by atoms with Crippen molar-refractivity contribution < 1.29 is 33.3 Å². The predicted molar refractivity (Wildman–Crippen MR) is 65.6 cm³/mol. The number of carbonyl (C=O) groups excluding carboxylic acids is 1. The largest absolute Gasteiger partial charge is 1.00 e. The van der Waals surface area contributed by atoms with E-state index in [0.29, 0.717) is 5.41 Å². The summed E-state index contributed by atoms with van der Waals surface area (Å²) >= 11 is 0. The molecular formula is C13H22IN3O. The summed E-state index contributed by atoms with van der Waals surface area (Å²) in [4.78, 5) is 14.2. The van der Waals surface area contributed by atoms with Crippen LogP contribution in [0.4, 0.5) is 4.79 Å². The second-order valence-corrected chi connectivity index (χ2v) is 5.15. The summed E-state index contributed by atoms with van der Waals surface area (Å²) in [5.74, 6) is 0. The summed E-state index contributed by atoms with van der Waals surface area (Å²) in [5, 5.41) is 0. The van der Waals surface area contributed by atoms with Crippen molar-refractivity contribution in [2.24, 2.45) is 12.5 Å². The highest BCUT2D eigenvalue weighted by Crippen LogP contribution is 2.37. The molecule has 1 aliphatic rings. The summed E-state index contributed by atoms with van der Waals surface area (Å²) < 4.78 is 3.56. The fraction of sp³-hybridized carbons (Fsp3) is 0.692. The monoisotopic (exact) mass is 363 g/mol. The Morgan fingerprint density at radius 2 is 2.06 bits per heavy atom. The van der Waals surface area contributed by atoms with E-state index in [1.165, 1.54) is 0 Å². The number of aryl methyl sites for hydroxylation is 1. The predicted octanol–water partition coefficient (Wildman–Crippen LogP) is -1.20. The quantitative estimate of drug-likeness (QED) is 0.479. The van der Waals surface area contributed by atoms with Crippen LogP contribution in [0.2, 0.25) is 0 Å². The SMILES string of the molecule is CCC1(CC)CCN(C(=O)n2cc[n+](C)c2)C1.[I-]. The number of carbonyl (C=O) groups is 1. The van der Waals surface area contributed by atoms with E-state index in [1.807, 2.05) is 35.2 Å². The van der Waals surface area contributed by atoms with Crippen LogP contribution in [0.25, 0.3) is 0 Å². The molecule has 1 aromatic rings. The molecule has 0 N–H and O–H groups in total. The molecule has 0 spiro atoms. The van der Waals surface area contributed by atoms with E-state index in [2.05, 4.69) is 13.8 Å². The van der Waals surface area contributed by atoms with E-state index < -0.39 is 0 Å². The highest BCUT2D eigenvalue weighted by molar-refractivity contribution is 5.76. The van der Waals surface area contributed by atoms with Gasteiger partial charge in [-0.25, -0.2) is 9.36 Å². The number of halogens is 1. The van der Waals surface area contributed by atoms with E-state index in [1.54, 1.807) is 4.57 Å². The van der Waals surface area contributed by atoms with Crippen molar-refractivity contribution in [2.45, 2.75) is 33.1 Å². The lowest BCUT2D eigenvalue weighted by Crippen LogP contribution is -3.00. The van der Waals surface area contributed by atoms with Crippen LogP contribution in [0.3, 0.4) is 0 Å². The lowest BCUT2D eigenvalue weighted by atomic mass is 9.82. The molecule has 1 fully saturated rings. The van der Waals surface area contributed by atoms with Gasteiger partial charge in [0.1, 0.15) is 12.4 Å². The lowest BCUT2D eigenvalue weighted by molar-refractivity contribution is -0.670. The van der Waals surface area contributed by atoms with Crippen LogP contribution in [0.1, 0.15) is 33.1 Å². The Kier molecular flexibility index (Phi) is 5.19. The minimum absolute atomic E-state index is 0. The number of amides is 1. The van der Waals surface area contributed by atoms with Gasteiger partial charge in [0.05, 0.1) is 7.05 Å². The Hall–Kier alpha value is -0.590. The molecular weight excluding hydrogens is 341 g/mol. The van der Waals surface area contributed by atoms with Gasteiger partial charge in [0.2, 0.25) is 0 Å². The summed E-state index contributed by atoms with van der Waals surface area (Å²) in [5.41, 5.74) is 0.352. The number of nitrogens with zero attached hydrogens (tertiary/aromatic N) is 3. The van der Waals surface area contributed by atoms with Crippen LogP contribution in [0, 0.1) is 5.41 Å². The number of likely N-dealkylation sites (tertiary alicyclic amines) is 1. The van der Waals surface area contributed by atoms with Gasteiger partial charge in [-0.3, -0.25) is 0 Å². The Labute approximate surface area is 126 Å². The molecule has 0 radical (unpaired) electrons. The first-order chi connectivity index (χ1) is 8.10. The molecule has 0 atom stereocenters. The van der Waals surface area contributed by atoms with E-state index in [9.17, 15) is 4.79 Å². The molecule has 2 rings (SSSR count). The van der Waals surface area contributed by atoms with Gasteiger partial charge < -0.3 is 28.9 Å². The molecule has 1 aliphatic heterocycles. The highest BCUT2D eigenvalue weighted by atomic mass is 127. The number of aromatic nitrogens is 2. The van der Waals surface area contributed by atoms with Gasteiger partial charge in [-0.05, 0) is 24.7 Å². The zero-order valence-corrected chi connectivity index (χ0v) is 13.6. The summed E-state index contributed by atoms with van der Waals surface area (Å²) in [6.45, 7) is 6.25. The van der Waals surface area contributed by atoms with E-state index in [0.717, 1.165) is 32.4 Å². The molecule has 0 unspecified atom stereocenters. The Balaban J connectivity index is 0.00000162. The van der Waals surface area contributed by atoms with Crippen LogP contribution in [-0.2, 0) is 7.05 Å². The Bertz CT molecular complexity index is 412. The van der Waals surface area contributed by atoms with Gasteiger partial charge in [0.15, 0.2) is 0 Å². The zero-order chi connectivity index (χ0) is 12.5. The third-order valence-corrected chi connectivity index (χ3v) is 4.20. The van der Waals surface area contributed by atoms with E-state index in [-0.39, 0.29) is 30.0 Å². The Morgan fingerprint density at radius 1 is 1.39 bits per heavy atom.